The summed E-state index contributed by atoms with van der Waals surface area (Å²) >= 11 is 0. The second-order valence-corrected chi connectivity index (χ2v) is 6.25. The molecule has 0 radical (unpaired) electrons. The zero-order valence-electron chi connectivity index (χ0n) is 14.9. The molecule has 1 aromatic carbocycles. The van der Waals surface area contributed by atoms with Crippen molar-refractivity contribution < 1.29 is 9.47 Å². The third-order valence-electron chi connectivity index (χ3n) is 4.65. The number of aromatic nitrogens is 1. The molecule has 7 heteroatoms. The van der Waals surface area contributed by atoms with Crippen LogP contribution in [0.4, 0.5) is 5.82 Å². The first-order valence-corrected chi connectivity index (χ1v) is 8.83. The monoisotopic (exact) mass is 353 g/mol. The third-order valence-corrected chi connectivity index (χ3v) is 4.65. The Balaban J connectivity index is 1.32. The van der Waals surface area contributed by atoms with E-state index in [1.165, 1.54) is 0 Å². The molecule has 1 aromatic heterocycles. The lowest BCUT2D eigenvalue weighted by molar-refractivity contribution is 0.174. The van der Waals surface area contributed by atoms with E-state index in [2.05, 4.69) is 31.2 Å². The van der Waals surface area contributed by atoms with Crippen molar-refractivity contribution in [1.29, 1.82) is 0 Å². The molecule has 0 amide bonds. The van der Waals surface area contributed by atoms with E-state index in [1.807, 2.05) is 43.6 Å². The Morgan fingerprint density at radius 1 is 1.12 bits per heavy atom. The van der Waals surface area contributed by atoms with Crippen LogP contribution in [0.25, 0.3) is 0 Å². The molecule has 0 saturated carbocycles. The first-order chi connectivity index (χ1) is 12.8. The second-order valence-electron chi connectivity index (χ2n) is 6.25. The van der Waals surface area contributed by atoms with Gasteiger partial charge in [-0.2, -0.15) is 0 Å². The maximum Gasteiger partial charge on any atom is 0.231 e. The molecule has 4 rings (SSSR count). The van der Waals surface area contributed by atoms with E-state index >= 15 is 0 Å². The zero-order chi connectivity index (χ0) is 17.8. The molecule has 1 fully saturated rings. The summed E-state index contributed by atoms with van der Waals surface area (Å²) in [7, 11) is 1.83. The van der Waals surface area contributed by atoms with Gasteiger partial charge in [0.25, 0.3) is 0 Å². The van der Waals surface area contributed by atoms with Gasteiger partial charge in [-0.3, -0.25) is 4.99 Å². The predicted molar refractivity (Wildman–Crippen MR) is 101 cm³/mol. The van der Waals surface area contributed by atoms with Crippen LogP contribution in [0.1, 0.15) is 5.56 Å². The van der Waals surface area contributed by atoms with Gasteiger partial charge in [0.2, 0.25) is 6.79 Å². The van der Waals surface area contributed by atoms with Crippen molar-refractivity contribution in [2.45, 2.75) is 6.54 Å². The molecule has 0 spiro atoms. The number of nitrogens with one attached hydrogen (secondary N) is 1. The van der Waals surface area contributed by atoms with Gasteiger partial charge in [0.05, 0.1) is 0 Å². The number of pyridine rings is 1. The van der Waals surface area contributed by atoms with Gasteiger partial charge in [0, 0.05) is 46.0 Å². The highest BCUT2D eigenvalue weighted by Crippen LogP contribution is 2.32. The minimum atomic E-state index is 0.300. The summed E-state index contributed by atoms with van der Waals surface area (Å²) in [6.07, 6.45) is 1.84. The number of hydrogen-bond acceptors (Lipinski definition) is 5. The Kier molecular flexibility index (Phi) is 4.77. The van der Waals surface area contributed by atoms with Crippen LogP contribution in [-0.2, 0) is 6.54 Å². The molecule has 136 valence electrons. The molecule has 1 saturated heterocycles. The number of benzene rings is 1. The van der Waals surface area contributed by atoms with E-state index in [0.29, 0.717) is 13.3 Å². The third kappa shape index (κ3) is 3.51. The minimum absolute atomic E-state index is 0.300. The molecule has 26 heavy (non-hydrogen) atoms. The number of guanidine groups is 1. The smallest absolute Gasteiger partial charge is 0.231 e. The van der Waals surface area contributed by atoms with Crippen molar-refractivity contribution >= 4 is 11.8 Å². The summed E-state index contributed by atoms with van der Waals surface area (Å²) in [5.74, 6) is 3.57. The minimum Gasteiger partial charge on any atom is -0.454 e. The SMILES string of the molecule is CN=C(NCc1ccc2c(c1)OCO2)N1CCN(c2ccccn2)CC1. The topological polar surface area (TPSA) is 62.2 Å². The van der Waals surface area contributed by atoms with Gasteiger partial charge in [-0.25, -0.2) is 4.98 Å². The van der Waals surface area contributed by atoms with Crippen LogP contribution in [0, 0.1) is 0 Å². The number of ether oxygens (including phenoxy) is 2. The Labute approximate surface area is 153 Å². The normalized spacial score (nSPS) is 16.7. The van der Waals surface area contributed by atoms with Crippen molar-refractivity contribution in [2.24, 2.45) is 4.99 Å². The summed E-state index contributed by atoms with van der Waals surface area (Å²) in [6, 6.07) is 12.0. The number of rotatable bonds is 3. The fraction of sp³-hybridized carbons (Fsp3) is 0.368. The fourth-order valence-corrected chi connectivity index (χ4v) is 3.25. The lowest BCUT2D eigenvalue weighted by Gasteiger charge is -2.37. The van der Waals surface area contributed by atoms with E-state index in [0.717, 1.165) is 55.0 Å². The fourth-order valence-electron chi connectivity index (χ4n) is 3.25. The molecule has 7 nitrogen and oxygen atoms in total. The zero-order valence-corrected chi connectivity index (χ0v) is 14.9. The van der Waals surface area contributed by atoms with Gasteiger partial charge in [0.15, 0.2) is 17.5 Å². The standard InChI is InChI=1S/C19H23N5O2/c1-20-19(22-13-15-5-6-16-17(12-15)26-14-25-16)24-10-8-23(9-11-24)18-4-2-3-7-21-18/h2-7,12H,8-11,13-14H2,1H3,(H,20,22). The van der Waals surface area contributed by atoms with E-state index in [4.69, 9.17) is 9.47 Å². The number of nitrogens with zero attached hydrogens (tertiary/aromatic N) is 4. The summed E-state index contributed by atoms with van der Waals surface area (Å²) in [6.45, 7) is 4.69. The van der Waals surface area contributed by atoms with Crippen molar-refractivity contribution in [2.75, 3.05) is 44.9 Å². The predicted octanol–water partition coefficient (Wildman–Crippen LogP) is 1.71. The van der Waals surface area contributed by atoms with Gasteiger partial charge in [-0.05, 0) is 29.8 Å². The highest BCUT2D eigenvalue weighted by Gasteiger charge is 2.20. The first-order valence-electron chi connectivity index (χ1n) is 8.83. The molecule has 2 aliphatic rings. The number of hydrogen-bond donors (Lipinski definition) is 1. The largest absolute Gasteiger partial charge is 0.454 e. The number of piperazine rings is 1. The summed E-state index contributed by atoms with van der Waals surface area (Å²) in [5.41, 5.74) is 1.14. The maximum absolute atomic E-state index is 5.44. The molecule has 2 aromatic rings. The average Bonchev–Trinajstić information content (AvgIpc) is 3.17. The van der Waals surface area contributed by atoms with Gasteiger partial charge in [-0.1, -0.05) is 12.1 Å². The molecule has 0 atom stereocenters. The molecule has 0 unspecified atom stereocenters. The Hall–Kier alpha value is -2.96. The van der Waals surface area contributed by atoms with Crippen LogP contribution in [0.2, 0.25) is 0 Å². The van der Waals surface area contributed by atoms with Gasteiger partial charge >= 0.3 is 0 Å². The summed E-state index contributed by atoms with van der Waals surface area (Å²) in [4.78, 5) is 13.5. The number of aliphatic imine (C=N–C) groups is 1. The molecular formula is C19H23N5O2. The highest BCUT2D eigenvalue weighted by molar-refractivity contribution is 5.80. The van der Waals surface area contributed by atoms with Crippen LogP contribution >= 0.6 is 0 Å². The van der Waals surface area contributed by atoms with Gasteiger partial charge in [0.1, 0.15) is 5.82 Å². The van der Waals surface area contributed by atoms with Gasteiger partial charge in [-0.15, -0.1) is 0 Å². The van der Waals surface area contributed by atoms with E-state index in [-0.39, 0.29) is 0 Å². The Bertz CT molecular complexity index is 773. The highest BCUT2D eigenvalue weighted by atomic mass is 16.7. The van der Waals surface area contributed by atoms with Crippen LogP contribution in [0.5, 0.6) is 11.5 Å². The average molecular weight is 353 g/mol. The van der Waals surface area contributed by atoms with Crippen molar-refractivity contribution in [3.05, 3.63) is 48.2 Å². The summed E-state index contributed by atoms with van der Waals surface area (Å²) in [5, 5.41) is 3.45. The maximum atomic E-state index is 5.44. The lowest BCUT2D eigenvalue weighted by atomic mass is 10.2. The number of fused-ring (bicyclic) bond motifs is 1. The van der Waals surface area contributed by atoms with Crippen molar-refractivity contribution in [1.82, 2.24) is 15.2 Å². The second kappa shape index (κ2) is 7.51. The molecule has 2 aliphatic heterocycles. The first kappa shape index (κ1) is 16.5. The molecule has 0 bridgehead atoms. The van der Waals surface area contributed by atoms with Crippen LogP contribution in [0.15, 0.2) is 47.6 Å². The van der Waals surface area contributed by atoms with Gasteiger partial charge < -0.3 is 24.6 Å². The lowest BCUT2D eigenvalue weighted by Crippen LogP contribution is -2.52. The Morgan fingerprint density at radius 3 is 2.73 bits per heavy atom. The van der Waals surface area contributed by atoms with Crippen molar-refractivity contribution in [3.8, 4) is 11.5 Å². The quantitative estimate of drug-likeness (QED) is 0.670. The van der Waals surface area contributed by atoms with Crippen LogP contribution < -0.4 is 19.7 Å². The molecule has 0 aliphatic carbocycles. The van der Waals surface area contributed by atoms with Crippen LogP contribution in [0.3, 0.4) is 0 Å². The number of anilines is 1. The molecule has 1 N–H and O–H groups in total. The molecule has 3 heterocycles. The summed E-state index contributed by atoms with van der Waals surface area (Å²) < 4.78 is 10.8. The molecular weight excluding hydrogens is 330 g/mol. The van der Waals surface area contributed by atoms with E-state index < -0.39 is 0 Å². The van der Waals surface area contributed by atoms with E-state index in [9.17, 15) is 0 Å². The van der Waals surface area contributed by atoms with E-state index in [1.54, 1.807) is 0 Å². The van der Waals surface area contributed by atoms with Crippen molar-refractivity contribution in [3.63, 3.8) is 0 Å². The Morgan fingerprint density at radius 2 is 1.96 bits per heavy atom. The van der Waals surface area contributed by atoms with Crippen LogP contribution in [-0.4, -0.2) is 55.9 Å².